The van der Waals surface area contributed by atoms with E-state index in [0.717, 1.165) is 31.3 Å². The van der Waals surface area contributed by atoms with Gasteiger partial charge in [-0.05, 0) is 37.7 Å². The molecule has 0 amide bonds. The van der Waals surface area contributed by atoms with Crippen molar-refractivity contribution in [1.82, 2.24) is 15.1 Å². The maximum absolute atomic E-state index is 4.62. The van der Waals surface area contributed by atoms with E-state index in [0.29, 0.717) is 6.04 Å². The monoisotopic (exact) mass is 263 g/mol. The molecule has 1 saturated carbocycles. The van der Waals surface area contributed by atoms with Gasteiger partial charge in [0.15, 0.2) is 0 Å². The quantitative estimate of drug-likeness (QED) is 0.882. The highest BCUT2D eigenvalue weighted by atomic mass is 15.3. The molecule has 1 N–H and O–H groups in total. The molecular formula is C16H29N3. The molecule has 0 aliphatic heterocycles. The van der Waals surface area contributed by atoms with Crippen molar-refractivity contribution in [3.05, 3.63) is 17.5 Å². The molecule has 1 aliphatic carbocycles. The average molecular weight is 263 g/mol. The summed E-state index contributed by atoms with van der Waals surface area (Å²) in [7, 11) is 0. The predicted molar refractivity (Wildman–Crippen MR) is 80.1 cm³/mol. The van der Waals surface area contributed by atoms with Crippen LogP contribution in [0.1, 0.15) is 58.3 Å². The Balaban J connectivity index is 1.96. The summed E-state index contributed by atoms with van der Waals surface area (Å²) in [5.41, 5.74) is 2.55. The Bertz CT molecular complexity index is 397. The number of rotatable bonds is 5. The highest BCUT2D eigenvalue weighted by Gasteiger charge is 2.26. The molecule has 19 heavy (non-hydrogen) atoms. The lowest BCUT2D eigenvalue weighted by Crippen LogP contribution is -2.40. The normalized spacial score (nSPS) is 27.7. The summed E-state index contributed by atoms with van der Waals surface area (Å²) in [6.45, 7) is 11.1. The molecule has 1 fully saturated rings. The van der Waals surface area contributed by atoms with Gasteiger partial charge in [-0.3, -0.25) is 4.68 Å². The first-order chi connectivity index (χ1) is 9.15. The van der Waals surface area contributed by atoms with Crippen LogP contribution in [0.5, 0.6) is 0 Å². The SMILES string of the molecule is CCc1cc(CNC2CCCC(C)C2C)n(CC)n1. The van der Waals surface area contributed by atoms with Gasteiger partial charge in [-0.2, -0.15) is 5.10 Å². The molecule has 1 aromatic heterocycles. The molecule has 1 aromatic rings. The van der Waals surface area contributed by atoms with Crippen molar-refractivity contribution >= 4 is 0 Å². The summed E-state index contributed by atoms with van der Waals surface area (Å²) in [5, 5.41) is 8.39. The van der Waals surface area contributed by atoms with Crippen LogP contribution in [0.2, 0.25) is 0 Å². The second-order valence-electron chi connectivity index (χ2n) is 6.05. The fraction of sp³-hybridized carbons (Fsp3) is 0.812. The molecule has 0 spiro atoms. The van der Waals surface area contributed by atoms with Crippen LogP contribution in [-0.4, -0.2) is 15.8 Å². The number of hydrogen-bond donors (Lipinski definition) is 1. The summed E-state index contributed by atoms with van der Waals surface area (Å²) in [6.07, 6.45) is 5.12. The Labute approximate surface area is 117 Å². The Morgan fingerprint density at radius 3 is 2.79 bits per heavy atom. The molecule has 3 heteroatoms. The van der Waals surface area contributed by atoms with E-state index in [4.69, 9.17) is 0 Å². The van der Waals surface area contributed by atoms with E-state index in [-0.39, 0.29) is 0 Å². The maximum Gasteiger partial charge on any atom is 0.0625 e. The third-order valence-electron chi connectivity index (χ3n) is 4.83. The minimum absolute atomic E-state index is 0.675. The van der Waals surface area contributed by atoms with E-state index in [1.807, 2.05) is 0 Å². The van der Waals surface area contributed by atoms with Crippen LogP contribution in [0.15, 0.2) is 6.07 Å². The first-order valence-corrected chi connectivity index (χ1v) is 7.94. The summed E-state index contributed by atoms with van der Waals surface area (Å²) < 4.78 is 2.14. The predicted octanol–water partition coefficient (Wildman–Crippen LogP) is 3.38. The minimum atomic E-state index is 0.675. The Morgan fingerprint density at radius 1 is 1.32 bits per heavy atom. The summed E-state index contributed by atoms with van der Waals surface area (Å²) in [4.78, 5) is 0. The zero-order valence-corrected chi connectivity index (χ0v) is 12.9. The molecule has 0 aromatic carbocycles. The first-order valence-electron chi connectivity index (χ1n) is 7.94. The molecular weight excluding hydrogens is 234 g/mol. The largest absolute Gasteiger partial charge is 0.308 e. The fourth-order valence-corrected chi connectivity index (χ4v) is 3.21. The molecule has 1 heterocycles. The van der Waals surface area contributed by atoms with E-state index in [2.05, 4.69) is 48.9 Å². The highest BCUT2D eigenvalue weighted by molar-refractivity contribution is 5.10. The van der Waals surface area contributed by atoms with Gasteiger partial charge in [0, 0.05) is 19.1 Å². The number of hydrogen-bond acceptors (Lipinski definition) is 2. The molecule has 1 aliphatic rings. The number of nitrogens with one attached hydrogen (secondary N) is 1. The molecule has 2 rings (SSSR count). The molecule has 3 atom stereocenters. The standard InChI is InChI=1S/C16H29N3/c1-5-14-10-15(19(6-2)18-14)11-17-16-9-7-8-12(3)13(16)4/h10,12-13,16-17H,5-9,11H2,1-4H3. The third kappa shape index (κ3) is 3.38. The van der Waals surface area contributed by atoms with E-state index >= 15 is 0 Å². The van der Waals surface area contributed by atoms with Gasteiger partial charge in [0.25, 0.3) is 0 Å². The lowest BCUT2D eigenvalue weighted by Gasteiger charge is -2.34. The summed E-state index contributed by atoms with van der Waals surface area (Å²) in [5.74, 6) is 1.64. The molecule has 0 saturated heterocycles. The van der Waals surface area contributed by atoms with Crippen LogP contribution in [0.3, 0.4) is 0 Å². The molecule has 0 bridgehead atoms. The van der Waals surface area contributed by atoms with Crippen molar-refractivity contribution < 1.29 is 0 Å². The van der Waals surface area contributed by atoms with Crippen molar-refractivity contribution in [2.75, 3.05) is 0 Å². The van der Waals surface area contributed by atoms with Crippen molar-refractivity contribution in [2.45, 2.75) is 72.5 Å². The molecule has 108 valence electrons. The van der Waals surface area contributed by atoms with Gasteiger partial charge in [-0.15, -0.1) is 0 Å². The van der Waals surface area contributed by atoms with Gasteiger partial charge in [-0.1, -0.05) is 33.6 Å². The topological polar surface area (TPSA) is 29.9 Å². The van der Waals surface area contributed by atoms with Crippen LogP contribution < -0.4 is 5.32 Å². The first kappa shape index (κ1) is 14.6. The zero-order chi connectivity index (χ0) is 13.8. The average Bonchev–Trinajstić information content (AvgIpc) is 2.83. The maximum atomic E-state index is 4.62. The molecule has 3 unspecified atom stereocenters. The van der Waals surface area contributed by atoms with Crippen molar-refractivity contribution in [2.24, 2.45) is 11.8 Å². The zero-order valence-electron chi connectivity index (χ0n) is 12.9. The van der Waals surface area contributed by atoms with Crippen LogP contribution in [0, 0.1) is 11.8 Å². The smallest absolute Gasteiger partial charge is 0.0625 e. The second kappa shape index (κ2) is 6.56. The van der Waals surface area contributed by atoms with Gasteiger partial charge >= 0.3 is 0 Å². The summed E-state index contributed by atoms with van der Waals surface area (Å²) in [6, 6.07) is 2.93. The van der Waals surface area contributed by atoms with Gasteiger partial charge in [0.1, 0.15) is 0 Å². The lowest BCUT2D eigenvalue weighted by molar-refractivity contribution is 0.205. The van der Waals surface area contributed by atoms with Crippen LogP contribution in [-0.2, 0) is 19.5 Å². The Hall–Kier alpha value is -0.830. The van der Waals surface area contributed by atoms with Crippen LogP contribution >= 0.6 is 0 Å². The Kier molecular flexibility index (Phi) is 5.03. The fourth-order valence-electron chi connectivity index (χ4n) is 3.21. The highest BCUT2D eigenvalue weighted by Crippen LogP contribution is 2.29. The van der Waals surface area contributed by atoms with Crippen molar-refractivity contribution in [3.8, 4) is 0 Å². The third-order valence-corrected chi connectivity index (χ3v) is 4.83. The number of nitrogens with zero attached hydrogens (tertiary/aromatic N) is 2. The van der Waals surface area contributed by atoms with Crippen LogP contribution in [0.4, 0.5) is 0 Å². The van der Waals surface area contributed by atoms with Gasteiger partial charge < -0.3 is 5.32 Å². The number of aryl methyl sites for hydroxylation is 2. The Morgan fingerprint density at radius 2 is 2.11 bits per heavy atom. The van der Waals surface area contributed by atoms with Crippen molar-refractivity contribution in [3.63, 3.8) is 0 Å². The summed E-state index contributed by atoms with van der Waals surface area (Å²) >= 11 is 0. The van der Waals surface area contributed by atoms with E-state index < -0.39 is 0 Å². The van der Waals surface area contributed by atoms with E-state index in [1.54, 1.807) is 0 Å². The van der Waals surface area contributed by atoms with Crippen LogP contribution in [0.25, 0.3) is 0 Å². The van der Waals surface area contributed by atoms with Gasteiger partial charge in [0.05, 0.1) is 11.4 Å². The van der Waals surface area contributed by atoms with Gasteiger partial charge in [0.2, 0.25) is 0 Å². The van der Waals surface area contributed by atoms with E-state index in [9.17, 15) is 0 Å². The lowest BCUT2D eigenvalue weighted by atomic mass is 9.78. The molecule has 0 radical (unpaired) electrons. The van der Waals surface area contributed by atoms with Crippen molar-refractivity contribution in [1.29, 1.82) is 0 Å². The second-order valence-corrected chi connectivity index (χ2v) is 6.05. The molecule has 3 nitrogen and oxygen atoms in total. The van der Waals surface area contributed by atoms with E-state index in [1.165, 1.54) is 30.7 Å². The van der Waals surface area contributed by atoms with Gasteiger partial charge in [-0.25, -0.2) is 0 Å². The minimum Gasteiger partial charge on any atom is -0.308 e. The number of aromatic nitrogens is 2.